The van der Waals surface area contributed by atoms with Crippen LogP contribution in [0.3, 0.4) is 0 Å². The van der Waals surface area contributed by atoms with E-state index in [1.165, 1.54) is 25.3 Å². The van der Waals surface area contributed by atoms with E-state index < -0.39 is 10.1 Å². The predicted octanol–water partition coefficient (Wildman–Crippen LogP) is 4.05. The molecule has 1 fully saturated rings. The van der Waals surface area contributed by atoms with E-state index in [0.717, 1.165) is 11.1 Å². The second kappa shape index (κ2) is 10.9. The number of carbonyl (C=O) groups excluding carboxylic acids is 1. The predicted molar refractivity (Wildman–Crippen MR) is 132 cm³/mol. The lowest BCUT2D eigenvalue weighted by Gasteiger charge is -2.17. The first-order valence-corrected chi connectivity index (χ1v) is 12.8. The van der Waals surface area contributed by atoms with Crippen molar-refractivity contribution in [1.82, 2.24) is 0 Å². The van der Waals surface area contributed by atoms with Crippen molar-refractivity contribution in [2.75, 3.05) is 27.9 Å². The summed E-state index contributed by atoms with van der Waals surface area (Å²) in [6.07, 6.45) is 1.04. The quantitative estimate of drug-likeness (QED) is 0.296. The maximum absolute atomic E-state index is 12.6. The summed E-state index contributed by atoms with van der Waals surface area (Å²) < 4.78 is 52.1. The van der Waals surface area contributed by atoms with Gasteiger partial charge in [0.15, 0.2) is 23.0 Å². The molecule has 1 aliphatic rings. The van der Waals surface area contributed by atoms with Crippen LogP contribution in [0.2, 0.25) is 0 Å². The van der Waals surface area contributed by atoms with E-state index in [2.05, 4.69) is 0 Å². The van der Waals surface area contributed by atoms with Crippen LogP contribution in [-0.4, -0.2) is 42.3 Å². The zero-order valence-electron chi connectivity index (χ0n) is 20.3. The molecule has 2 atom stereocenters. The lowest BCUT2D eigenvalue weighted by molar-refractivity contribution is -0.141. The molecule has 1 saturated heterocycles. The Bertz CT molecular complexity index is 1320. The maximum Gasteiger partial charge on any atom is 0.339 e. The first-order valence-electron chi connectivity index (χ1n) is 11.4. The minimum absolute atomic E-state index is 0.0315. The van der Waals surface area contributed by atoms with Crippen molar-refractivity contribution in [1.29, 1.82) is 0 Å². The highest BCUT2D eigenvalue weighted by Gasteiger charge is 2.37. The van der Waals surface area contributed by atoms with Crippen LogP contribution in [0.5, 0.6) is 23.0 Å². The molecule has 36 heavy (non-hydrogen) atoms. The van der Waals surface area contributed by atoms with Gasteiger partial charge in [-0.05, 0) is 60.4 Å². The highest BCUT2D eigenvalue weighted by atomic mass is 32.2. The molecule has 8 nitrogen and oxygen atoms in total. The highest BCUT2D eigenvalue weighted by molar-refractivity contribution is 7.87. The third kappa shape index (κ3) is 5.57. The van der Waals surface area contributed by atoms with E-state index in [4.69, 9.17) is 23.1 Å². The summed E-state index contributed by atoms with van der Waals surface area (Å²) in [5, 5.41) is 0. The van der Waals surface area contributed by atoms with Crippen LogP contribution < -0.4 is 18.4 Å². The van der Waals surface area contributed by atoms with Crippen LogP contribution in [0.25, 0.3) is 0 Å². The number of hydrogen-bond donors (Lipinski definition) is 0. The molecule has 0 spiro atoms. The average molecular weight is 513 g/mol. The third-order valence-electron chi connectivity index (χ3n) is 6.17. The number of carbonyl (C=O) groups is 1. The summed E-state index contributed by atoms with van der Waals surface area (Å²) in [7, 11) is 0.582. The summed E-state index contributed by atoms with van der Waals surface area (Å²) in [6, 6.07) is 18.5. The molecule has 0 aromatic heterocycles. The van der Waals surface area contributed by atoms with Crippen molar-refractivity contribution in [2.24, 2.45) is 11.8 Å². The molecule has 0 N–H and O–H groups in total. The molecule has 190 valence electrons. The fourth-order valence-corrected chi connectivity index (χ4v) is 5.24. The number of ether oxygens (including phenoxy) is 4. The monoisotopic (exact) mass is 512 g/mol. The van der Waals surface area contributed by atoms with Crippen LogP contribution in [0.1, 0.15) is 11.1 Å². The number of rotatable bonds is 10. The minimum Gasteiger partial charge on any atom is -0.493 e. The van der Waals surface area contributed by atoms with Gasteiger partial charge in [0, 0.05) is 5.92 Å². The SMILES string of the molecule is COc1ccc(C[C@H]2COC(=O)[C@@H]2Cc2ccc(OS(=O)(=O)c3ccccc3)c(OC)c2)cc1OC. The van der Waals surface area contributed by atoms with Crippen molar-refractivity contribution in [3.63, 3.8) is 0 Å². The Morgan fingerprint density at radius 3 is 2.00 bits per heavy atom. The molecule has 9 heteroatoms. The summed E-state index contributed by atoms with van der Waals surface area (Å²) in [5.74, 6) is 0.948. The normalized spacial score (nSPS) is 17.4. The highest BCUT2D eigenvalue weighted by Crippen LogP contribution is 2.35. The Kier molecular flexibility index (Phi) is 7.69. The molecular weight excluding hydrogens is 484 g/mol. The fraction of sp³-hybridized carbons (Fsp3) is 0.296. The average Bonchev–Trinajstić information content (AvgIpc) is 3.23. The summed E-state index contributed by atoms with van der Waals surface area (Å²) in [6.45, 7) is 0.325. The molecule has 0 unspecified atom stereocenters. The fourth-order valence-electron chi connectivity index (χ4n) is 4.28. The number of hydrogen-bond acceptors (Lipinski definition) is 8. The molecule has 0 aliphatic carbocycles. The number of cyclic esters (lactones) is 1. The molecule has 0 radical (unpaired) electrons. The van der Waals surface area contributed by atoms with Gasteiger partial charge in [-0.25, -0.2) is 0 Å². The van der Waals surface area contributed by atoms with Crippen molar-refractivity contribution < 1.29 is 36.3 Å². The second-order valence-electron chi connectivity index (χ2n) is 8.43. The summed E-state index contributed by atoms with van der Waals surface area (Å²) >= 11 is 0. The third-order valence-corrected chi connectivity index (χ3v) is 7.42. The van der Waals surface area contributed by atoms with E-state index in [1.807, 2.05) is 18.2 Å². The van der Waals surface area contributed by atoms with Crippen LogP contribution in [0, 0.1) is 11.8 Å². The molecule has 4 rings (SSSR count). The van der Waals surface area contributed by atoms with Gasteiger partial charge in [0.1, 0.15) is 4.90 Å². The summed E-state index contributed by atoms with van der Waals surface area (Å²) in [5.41, 5.74) is 1.81. The van der Waals surface area contributed by atoms with Crippen molar-refractivity contribution >= 4 is 16.1 Å². The van der Waals surface area contributed by atoms with Gasteiger partial charge in [-0.3, -0.25) is 4.79 Å². The zero-order chi connectivity index (χ0) is 25.7. The molecular formula is C27H28O8S. The molecule has 0 saturated carbocycles. The molecule has 1 aliphatic heterocycles. The van der Waals surface area contributed by atoms with Gasteiger partial charge < -0.3 is 23.1 Å². The largest absolute Gasteiger partial charge is 0.493 e. The lowest BCUT2D eigenvalue weighted by atomic mass is 9.85. The number of benzene rings is 3. The zero-order valence-corrected chi connectivity index (χ0v) is 21.1. The van der Waals surface area contributed by atoms with Gasteiger partial charge in [0.25, 0.3) is 0 Å². The maximum atomic E-state index is 12.6. The van der Waals surface area contributed by atoms with Gasteiger partial charge in [-0.1, -0.05) is 30.3 Å². The topological polar surface area (TPSA) is 97.4 Å². The lowest BCUT2D eigenvalue weighted by Crippen LogP contribution is -2.20. The van der Waals surface area contributed by atoms with Gasteiger partial charge in [0.2, 0.25) is 0 Å². The van der Waals surface area contributed by atoms with E-state index in [-0.39, 0.29) is 34.2 Å². The first-order chi connectivity index (χ1) is 17.3. The van der Waals surface area contributed by atoms with E-state index >= 15 is 0 Å². The second-order valence-corrected chi connectivity index (χ2v) is 9.98. The van der Waals surface area contributed by atoms with Gasteiger partial charge in [0.05, 0.1) is 33.9 Å². The van der Waals surface area contributed by atoms with Crippen molar-refractivity contribution in [3.8, 4) is 23.0 Å². The Balaban J connectivity index is 1.51. The molecule has 0 amide bonds. The van der Waals surface area contributed by atoms with Crippen LogP contribution >= 0.6 is 0 Å². The van der Waals surface area contributed by atoms with E-state index in [1.54, 1.807) is 44.6 Å². The van der Waals surface area contributed by atoms with Crippen LogP contribution in [0.15, 0.2) is 71.6 Å². The summed E-state index contributed by atoms with van der Waals surface area (Å²) in [4.78, 5) is 12.6. The van der Waals surface area contributed by atoms with Crippen LogP contribution in [0.4, 0.5) is 0 Å². The molecule has 3 aromatic rings. The van der Waals surface area contributed by atoms with Gasteiger partial charge in [-0.2, -0.15) is 8.42 Å². The van der Waals surface area contributed by atoms with Crippen molar-refractivity contribution in [2.45, 2.75) is 17.7 Å². The smallest absolute Gasteiger partial charge is 0.339 e. The molecule has 0 bridgehead atoms. The number of methoxy groups -OCH3 is 3. The standard InChI is InChI=1S/C27H28O8S/c1-31-23-11-9-18(15-25(23)32-2)13-20-17-34-27(28)22(20)14-19-10-12-24(26(16-19)33-3)35-36(29,30)21-7-5-4-6-8-21/h4-12,15-16,20,22H,13-14,17H2,1-3H3/t20-,22+/m0/s1. The van der Waals surface area contributed by atoms with Gasteiger partial charge in [-0.15, -0.1) is 0 Å². The Morgan fingerprint density at radius 2 is 1.36 bits per heavy atom. The van der Waals surface area contributed by atoms with Gasteiger partial charge >= 0.3 is 16.1 Å². The Morgan fingerprint density at radius 1 is 0.778 bits per heavy atom. The van der Waals surface area contributed by atoms with E-state index in [0.29, 0.717) is 30.9 Å². The first kappa shape index (κ1) is 25.4. The molecule has 3 aromatic carbocycles. The minimum atomic E-state index is -4.02. The Hall–Kier alpha value is -3.72. The molecule has 1 heterocycles. The van der Waals surface area contributed by atoms with E-state index in [9.17, 15) is 13.2 Å². The van der Waals surface area contributed by atoms with Crippen LogP contribution in [-0.2, 0) is 32.5 Å². The Labute approximate surface area is 210 Å². The van der Waals surface area contributed by atoms with Crippen molar-refractivity contribution in [3.05, 3.63) is 77.9 Å². The number of esters is 1.